The second-order valence-corrected chi connectivity index (χ2v) is 8.05. The highest BCUT2D eigenvalue weighted by Crippen LogP contribution is 2.35. The van der Waals surface area contributed by atoms with Crippen molar-refractivity contribution in [3.63, 3.8) is 0 Å². The van der Waals surface area contributed by atoms with Gasteiger partial charge in [-0.2, -0.15) is 0 Å². The fraction of sp³-hybridized carbons (Fsp3) is 0.870. The number of esters is 1. The summed E-state index contributed by atoms with van der Waals surface area (Å²) in [7, 11) is 0. The SMILES string of the molecule is CCCCCC(O)CC=C1CC[C@H](O)[C@@H]1CCCCCCC(=O)OCCC. The molecule has 3 atom stereocenters. The van der Waals surface area contributed by atoms with Gasteiger partial charge in [0.1, 0.15) is 0 Å². The minimum atomic E-state index is -0.241. The molecule has 1 unspecified atom stereocenters. The van der Waals surface area contributed by atoms with Crippen LogP contribution in [0.5, 0.6) is 0 Å². The van der Waals surface area contributed by atoms with Crippen molar-refractivity contribution in [3.8, 4) is 0 Å². The second kappa shape index (κ2) is 15.1. The van der Waals surface area contributed by atoms with E-state index in [1.165, 1.54) is 18.4 Å². The van der Waals surface area contributed by atoms with E-state index in [1.54, 1.807) is 0 Å². The number of ether oxygens (including phenoxy) is 1. The molecule has 0 aliphatic heterocycles. The highest BCUT2D eigenvalue weighted by Gasteiger charge is 2.29. The Bertz CT molecular complexity index is 419. The van der Waals surface area contributed by atoms with Crippen LogP contribution >= 0.6 is 0 Å². The summed E-state index contributed by atoms with van der Waals surface area (Å²) < 4.78 is 5.08. The van der Waals surface area contributed by atoms with Crippen molar-refractivity contribution >= 4 is 5.97 Å². The Kier molecular flexibility index (Phi) is 13.5. The van der Waals surface area contributed by atoms with Crippen molar-refractivity contribution in [3.05, 3.63) is 11.6 Å². The molecule has 1 saturated carbocycles. The summed E-state index contributed by atoms with van der Waals surface area (Å²) >= 11 is 0. The third-order valence-electron chi connectivity index (χ3n) is 5.58. The van der Waals surface area contributed by atoms with Crippen molar-refractivity contribution in [2.75, 3.05) is 6.61 Å². The van der Waals surface area contributed by atoms with Gasteiger partial charge in [-0.05, 0) is 44.9 Å². The second-order valence-electron chi connectivity index (χ2n) is 8.05. The molecule has 0 aromatic carbocycles. The average molecular weight is 383 g/mol. The molecule has 0 amide bonds. The molecule has 4 heteroatoms. The first-order chi connectivity index (χ1) is 13.1. The summed E-state index contributed by atoms with van der Waals surface area (Å²) in [4.78, 5) is 11.5. The van der Waals surface area contributed by atoms with Crippen molar-refractivity contribution in [1.29, 1.82) is 0 Å². The van der Waals surface area contributed by atoms with Gasteiger partial charge in [-0.25, -0.2) is 0 Å². The highest BCUT2D eigenvalue weighted by molar-refractivity contribution is 5.69. The van der Waals surface area contributed by atoms with Gasteiger partial charge in [0, 0.05) is 12.3 Å². The van der Waals surface area contributed by atoms with E-state index in [0.717, 1.165) is 70.6 Å². The number of carbonyl (C=O) groups is 1. The van der Waals surface area contributed by atoms with Gasteiger partial charge in [-0.3, -0.25) is 4.79 Å². The van der Waals surface area contributed by atoms with Gasteiger partial charge in [0.2, 0.25) is 0 Å². The molecule has 1 rings (SSSR count). The minimum Gasteiger partial charge on any atom is -0.466 e. The maximum atomic E-state index is 11.5. The lowest BCUT2D eigenvalue weighted by atomic mass is 9.92. The van der Waals surface area contributed by atoms with E-state index in [1.807, 2.05) is 6.92 Å². The first-order valence-corrected chi connectivity index (χ1v) is 11.3. The molecule has 0 aromatic heterocycles. The van der Waals surface area contributed by atoms with Gasteiger partial charge >= 0.3 is 5.97 Å². The fourth-order valence-electron chi connectivity index (χ4n) is 3.89. The first kappa shape index (κ1) is 24.2. The van der Waals surface area contributed by atoms with Crippen molar-refractivity contribution < 1.29 is 19.7 Å². The number of aliphatic hydroxyl groups excluding tert-OH is 2. The molecular formula is C23H42O4. The van der Waals surface area contributed by atoms with Crippen LogP contribution in [0.15, 0.2) is 11.6 Å². The Hall–Kier alpha value is -0.870. The zero-order chi connectivity index (χ0) is 19.9. The van der Waals surface area contributed by atoms with E-state index >= 15 is 0 Å². The average Bonchev–Trinajstić information content (AvgIpc) is 3.01. The molecule has 0 aromatic rings. The Labute approximate surface area is 166 Å². The summed E-state index contributed by atoms with van der Waals surface area (Å²) in [6.45, 7) is 4.71. The fourth-order valence-corrected chi connectivity index (χ4v) is 3.89. The van der Waals surface area contributed by atoms with Crippen LogP contribution in [0.2, 0.25) is 0 Å². The predicted molar refractivity (Wildman–Crippen MR) is 111 cm³/mol. The maximum absolute atomic E-state index is 11.5. The summed E-state index contributed by atoms with van der Waals surface area (Å²) in [6, 6.07) is 0. The number of aliphatic hydroxyl groups is 2. The molecule has 4 nitrogen and oxygen atoms in total. The monoisotopic (exact) mass is 382 g/mol. The van der Waals surface area contributed by atoms with Gasteiger partial charge in [0.25, 0.3) is 0 Å². The van der Waals surface area contributed by atoms with Crippen molar-refractivity contribution in [1.82, 2.24) is 0 Å². The molecule has 1 aliphatic rings. The zero-order valence-corrected chi connectivity index (χ0v) is 17.6. The van der Waals surface area contributed by atoms with E-state index in [9.17, 15) is 15.0 Å². The lowest BCUT2D eigenvalue weighted by Crippen LogP contribution is -2.14. The van der Waals surface area contributed by atoms with Crippen LogP contribution in [-0.4, -0.2) is 35.0 Å². The van der Waals surface area contributed by atoms with E-state index in [-0.39, 0.29) is 24.1 Å². The van der Waals surface area contributed by atoms with E-state index in [2.05, 4.69) is 13.0 Å². The molecule has 0 saturated heterocycles. The largest absolute Gasteiger partial charge is 0.466 e. The summed E-state index contributed by atoms with van der Waals surface area (Å²) in [5.41, 5.74) is 1.35. The smallest absolute Gasteiger partial charge is 0.305 e. The number of carbonyl (C=O) groups excluding carboxylic acids is 1. The van der Waals surface area contributed by atoms with Gasteiger partial charge in [-0.1, -0.05) is 64.0 Å². The summed E-state index contributed by atoms with van der Waals surface area (Å²) in [6.07, 6.45) is 15.1. The van der Waals surface area contributed by atoms with Crippen LogP contribution in [0.3, 0.4) is 0 Å². The normalized spacial score (nSPS) is 22.3. The predicted octanol–water partition coefficient (Wildman–Crippen LogP) is 5.31. The Morgan fingerprint density at radius 1 is 1.15 bits per heavy atom. The van der Waals surface area contributed by atoms with Gasteiger partial charge in [0.15, 0.2) is 0 Å². The Morgan fingerprint density at radius 2 is 1.93 bits per heavy atom. The topological polar surface area (TPSA) is 66.8 Å². The number of hydrogen-bond donors (Lipinski definition) is 2. The lowest BCUT2D eigenvalue weighted by Gasteiger charge is -2.17. The third kappa shape index (κ3) is 10.9. The van der Waals surface area contributed by atoms with Crippen LogP contribution in [0.25, 0.3) is 0 Å². The zero-order valence-electron chi connectivity index (χ0n) is 17.6. The minimum absolute atomic E-state index is 0.0780. The molecule has 0 bridgehead atoms. The Morgan fingerprint density at radius 3 is 2.67 bits per heavy atom. The summed E-state index contributed by atoms with van der Waals surface area (Å²) in [5, 5.41) is 20.4. The van der Waals surface area contributed by atoms with Crippen LogP contribution in [0.1, 0.15) is 104 Å². The van der Waals surface area contributed by atoms with E-state index in [4.69, 9.17) is 4.74 Å². The van der Waals surface area contributed by atoms with Crippen LogP contribution in [0.4, 0.5) is 0 Å². The molecule has 27 heavy (non-hydrogen) atoms. The van der Waals surface area contributed by atoms with Crippen LogP contribution in [0, 0.1) is 5.92 Å². The molecule has 158 valence electrons. The third-order valence-corrected chi connectivity index (χ3v) is 5.58. The van der Waals surface area contributed by atoms with E-state index in [0.29, 0.717) is 13.0 Å². The van der Waals surface area contributed by atoms with Gasteiger partial charge in [0.05, 0.1) is 18.8 Å². The molecule has 2 N–H and O–H groups in total. The molecule has 0 spiro atoms. The molecule has 0 radical (unpaired) electrons. The number of hydrogen-bond acceptors (Lipinski definition) is 4. The van der Waals surface area contributed by atoms with Gasteiger partial charge in [-0.15, -0.1) is 0 Å². The van der Waals surface area contributed by atoms with E-state index < -0.39 is 0 Å². The Balaban J connectivity index is 2.21. The van der Waals surface area contributed by atoms with Crippen LogP contribution in [-0.2, 0) is 9.53 Å². The number of rotatable bonds is 15. The molecule has 1 fully saturated rings. The number of unbranched alkanes of at least 4 members (excludes halogenated alkanes) is 5. The highest BCUT2D eigenvalue weighted by atomic mass is 16.5. The molecular weight excluding hydrogens is 340 g/mol. The van der Waals surface area contributed by atoms with Crippen molar-refractivity contribution in [2.24, 2.45) is 5.92 Å². The molecule has 1 aliphatic carbocycles. The quantitative estimate of drug-likeness (QED) is 0.229. The van der Waals surface area contributed by atoms with Crippen LogP contribution < -0.4 is 0 Å². The lowest BCUT2D eigenvalue weighted by molar-refractivity contribution is -0.143. The molecule has 0 heterocycles. The summed E-state index contributed by atoms with van der Waals surface area (Å²) in [5.74, 6) is 0.188. The standard InChI is InChI=1S/C23H42O4/c1-3-5-8-11-20(24)16-14-19-15-17-22(25)21(19)12-9-6-7-10-13-23(26)27-18-4-2/h14,20-22,24-25H,3-13,15-18H2,1-2H3/t20?,21-,22+/m1/s1. The van der Waals surface area contributed by atoms with Gasteiger partial charge < -0.3 is 14.9 Å². The maximum Gasteiger partial charge on any atom is 0.305 e. The van der Waals surface area contributed by atoms with Crippen molar-refractivity contribution in [2.45, 2.75) is 116 Å². The first-order valence-electron chi connectivity index (χ1n) is 11.3.